The standard InChI is InChI=1S/C30H32N6O3Si/c1-5-27(37)33-23-10-9-13-25(16-23)39-28-18-31-30-29(34-28)26(20-35(30)21-38-14-15-40(2,3)4)22-17-32-36(19-22)24-11-7-6-8-12-24/h5-13,16-20H,1,14-15,21H2,2-4H3,(H,33,37). The van der Waals surface area contributed by atoms with Crippen molar-refractivity contribution in [2.45, 2.75) is 32.4 Å². The monoisotopic (exact) mass is 552 g/mol. The average Bonchev–Trinajstić information content (AvgIpc) is 3.56. The summed E-state index contributed by atoms with van der Waals surface area (Å²) in [5.74, 6) is 0.546. The van der Waals surface area contributed by atoms with E-state index in [2.05, 4.69) is 36.6 Å². The summed E-state index contributed by atoms with van der Waals surface area (Å²) in [5, 5.41) is 7.31. The molecule has 9 nitrogen and oxygen atoms in total. The molecule has 204 valence electrons. The van der Waals surface area contributed by atoms with Crippen LogP contribution in [0.25, 0.3) is 28.0 Å². The molecule has 2 aromatic carbocycles. The number of nitrogens with one attached hydrogen (secondary N) is 1. The van der Waals surface area contributed by atoms with Gasteiger partial charge in [-0.15, -0.1) is 0 Å². The molecule has 5 aromatic rings. The minimum Gasteiger partial charge on any atom is -0.437 e. The molecule has 0 spiro atoms. The Morgan fingerprint density at radius 3 is 2.67 bits per heavy atom. The number of fused-ring (bicyclic) bond motifs is 1. The summed E-state index contributed by atoms with van der Waals surface area (Å²) in [6, 6.07) is 18.1. The summed E-state index contributed by atoms with van der Waals surface area (Å²) >= 11 is 0. The number of aromatic nitrogens is 5. The van der Waals surface area contributed by atoms with E-state index < -0.39 is 8.07 Å². The number of carbonyl (C=O) groups is 1. The van der Waals surface area contributed by atoms with Crippen LogP contribution in [0.1, 0.15) is 0 Å². The Hall–Kier alpha value is -4.54. The topological polar surface area (TPSA) is 96.1 Å². The third-order valence-electron chi connectivity index (χ3n) is 6.19. The fraction of sp³-hybridized carbons (Fsp3) is 0.200. The summed E-state index contributed by atoms with van der Waals surface area (Å²) in [4.78, 5) is 21.2. The Morgan fingerprint density at radius 1 is 1.07 bits per heavy atom. The van der Waals surface area contributed by atoms with Crippen LogP contribution in [0, 0.1) is 0 Å². The molecule has 0 bridgehead atoms. The maximum atomic E-state index is 11.7. The minimum absolute atomic E-state index is 0.299. The third-order valence-corrected chi connectivity index (χ3v) is 7.90. The lowest BCUT2D eigenvalue weighted by atomic mass is 10.2. The predicted molar refractivity (Wildman–Crippen MR) is 160 cm³/mol. The zero-order valence-electron chi connectivity index (χ0n) is 22.9. The van der Waals surface area contributed by atoms with E-state index in [0.717, 1.165) is 22.9 Å². The number of para-hydroxylation sites is 1. The quantitative estimate of drug-likeness (QED) is 0.114. The first-order valence-corrected chi connectivity index (χ1v) is 16.8. The maximum Gasteiger partial charge on any atom is 0.247 e. The second-order valence-electron chi connectivity index (χ2n) is 10.6. The van der Waals surface area contributed by atoms with Crippen molar-refractivity contribution in [3.05, 3.63) is 92.0 Å². The Kier molecular flexibility index (Phi) is 7.90. The first-order valence-electron chi connectivity index (χ1n) is 13.0. The molecule has 0 fully saturated rings. The fourth-order valence-electron chi connectivity index (χ4n) is 4.07. The molecule has 0 atom stereocenters. The van der Waals surface area contributed by atoms with E-state index >= 15 is 0 Å². The highest BCUT2D eigenvalue weighted by atomic mass is 28.3. The van der Waals surface area contributed by atoms with Gasteiger partial charge in [0.15, 0.2) is 5.65 Å². The number of benzene rings is 2. The summed E-state index contributed by atoms with van der Waals surface area (Å²) in [7, 11) is -1.20. The molecule has 3 heterocycles. The van der Waals surface area contributed by atoms with Crippen molar-refractivity contribution in [3.63, 3.8) is 0 Å². The first-order chi connectivity index (χ1) is 19.3. The molecule has 3 aromatic heterocycles. The Morgan fingerprint density at radius 2 is 1.90 bits per heavy atom. The van der Waals surface area contributed by atoms with E-state index in [9.17, 15) is 4.79 Å². The third kappa shape index (κ3) is 6.53. The summed E-state index contributed by atoms with van der Waals surface area (Å²) in [5.41, 5.74) is 4.69. The van der Waals surface area contributed by atoms with E-state index in [0.29, 0.717) is 41.8 Å². The largest absolute Gasteiger partial charge is 0.437 e. The molecule has 0 saturated carbocycles. The van der Waals surface area contributed by atoms with Crippen molar-refractivity contribution in [3.8, 4) is 28.4 Å². The fourth-order valence-corrected chi connectivity index (χ4v) is 4.83. The molecule has 0 aliphatic heterocycles. The van der Waals surface area contributed by atoms with E-state index in [-0.39, 0.29) is 5.91 Å². The number of amides is 1. The normalized spacial score (nSPS) is 11.5. The molecule has 5 rings (SSSR count). The molecule has 0 radical (unpaired) electrons. The van der Waals surface area contributed by atoms with Crippen LogP contribution >= 0.6 is 0 Å². The van der Waals surface area contributed by atoms with Crippen LogP contribution < -0.4 is 10.1 Å². The van der Waals surface area contributed by atoms with Gasteiger partial charge in [-0.1, -0.05) is 50.5 Å². The van der Waals surface area contributed by atoms with E-state index in [1.54, 1.807) is 30.5 Å². The lowest BCUT2D eigenvalue weighted by molar-refractivity contribution is -0.111. The zero-order chi connectivity index (χ0) is 28.1. The van der Waals surface area contributed by atoms with E-state index in [4.69, 9.17) is 19.4 Å². The Balaban J connectivity index is 1.47. The van der Waals surface area contributed by atoms with Gasteiger partial charge in [-0.25, -0.2) is 14.6 Å². The van der Waals surface area contributed by atoms with Crippen LogP contribution in [0.4, 0.5) is 5.69 Å². The molecule has 40 heavy (non-hydrogen) atoms. The van der Waals surface area contributed by atoms with Crippen LogP contribution in [0.3, 0.4) is 0 Å². The first kappa shape index (κ1) is 27.0. The van der Waals surface area contributed by atoms with Crippen molar-refractivity contribution in [1.82, 2.24) is 24.3 Å². The molecule has 0 aliphatic rings. The summed E-state index contributed by atoms with van der Waals surface area (Å²) < 4.78 is 15.9. The van der Waals surface area contributed by atoms with Gasteiger partial charge in [0, 0.05) is 50.0 Å². The van der Waals surface area contributed by atoms with Gasteiger partial charge < -0.3 is 19.4 Å². The second kappa shape index (κ2) is 11.7. The van der Waals surface area contributed by atoms with Crippen LogP contribution in [0.15, 0.2) is 92.0 Å². The number of anilines is 1. The number of carbonyl (C=O) groups excluding carboxylic acids is 1. The van der Waals surface area contributed by atoms with Gasteiger partial charge in [-0.05, 0) is 36.4 Å². The molecule has 10 heteroatoms. The van der Waals surface area contributed by atoms with E-state index in [1.165, 1.54) is 6.08 Å². The molecule has 1 N–H and O–H groups in total. The van der Waals surface area contributed by atoms with Gasteiger partial charge in [-0.2, -0.15) is 5.10 Å². The highest BCUT2D eigenvalue weighted by Gasteiger charge is 2.18. The van der Waals surface area contributed by atoms with Gasteiger partial charge in [0.25, 0.3) is 0 Å². The number of nitrogens with zero attached hydrogens (tertiary/aromatic N) is 5. The molecule has 0 saturated heterocycles. The highest BCUT2D eigenvalue weighted by Crippen LogP contribution is 2.31. The van der Waals surface area contributed by atoms with Gasteiger partial charge in [0.05, 0.1) is 18.1 Å². The molecule has 0 aliphatic carbocycles. The predicted octanol–water partition coefficient (Wildman–Crippen LogP) is 6.51. The Labute approximate surface area is 234 Å². The van der Waals surface area contributed by atoms with Crippen molar-refractivity contribution in [2.24, 2.45) is 0 Å². The van der Waals surface area contributed by atoms with Crippen LogP contribution in [0.5, 0.6) is 11.6 Å². The minimum atomic E-state index is -1.20. The van der Waals surface area contributed by atoms with Crippen molar-refractivity contribution in [1.29, 1.82) is 0 Å². The average molecular weight is 553 g/mol. The number of rotatable bonds is 11. The molecule has 1 amide bonds. The van der Waals surface area contributed by atoms with Crippen LogP contribution in [-0.2, 0) is 16.3 Å². The number of ether oxygens (including phenoxy) is 2. The van der Waals surface area contributed by atoms with Crippen molar-refractivity contribution >= 4 is 30.8 Å². The van der Waals surface area contributed by atoms with E-state index in [1.807, 2.05) is 58.2 Å². The number of hydrogen-bond acceptors (Lipinski definition) is 6. The molecule has 0 unspecified atom stereocenters. The second-order valence-corrected chi connectivity index (χ2v) is 16.2. The smallest absolute Gasteiger partial charge is 0.247 e. The lowest BCUT2D eigenvalue weighted by Crippen LogP contribution is -2.22. The lowest BCUT2D eigenvalue weighted by Gasteiger charge is -2.15. The van der Waals surface area contributed by atoms with Crippen molar-refractivity contribution in [2.75, 3.05) is 11.9 Å². The SMILES string of the molecule is C=CC(=O)Nc1cccc(Oc2cnc3c(n2)c(-c2cnn(-c4ccccc4)c2)cn3COCC[Si](C)(C)C)c1. The van der Waals surface area contributed by atoms with Crippen molar-refractivity contribution < 1.29 is 14.3 Å². The van der Waals surface area contributed by atoms with Crippen LogP contribution in [0.2, 0.25) is 25.7 Å². The van der Waals surface area contributed by atoms with Crippen LogP contribution in [-0.4, -0.2) is 44.9 Å². The molecular formula is C30H32N6O3Si. The highest BCUT2D eigenvalue weighted by molar-refractivity contribution is 6.76. The number of hydrogen-bond donors (Lipinski definition) is 1. The van der Waals surface area contributed by atoms with Gasteiger partial charge >= 0.3 is 0 Å². The maximum absolute atomic E-state index is 11.7. The summed E-state index contributed by atoms with van der Waals surface area (Å²) in [6.07, 6.45) is 8.60. The van der Waals surface area contributed by atoms with Gasteiger partial charge in [0.2, 0.25) is 11.8 Å². The van der Waals surface area contributed by atoms with Gasteiger partial charge in [0.1, 0.15) is 18.0 Å². The Bertz CT molecular complexity index is 1640. The zero-order valence-corrected chi connectivity index (χ0v) is 23.9. The van der Waals surface area contributed by atoms with Gasteiger partial charge in [-0.3, -0.25) is 4.79 Å². The molecular weight excluding hydrogens is 520 g/mol. The summed E-state index contributed by atoms with van der Waals surface area (Å²) in [6.45, 7) is 11.6.